The highest BCUT2D eigenvalue weighted by Gasteiger charge is 2.29. The summed E-state index contributed by atoms with van der Waals surface area (Å²) in [7, 11) is -0.690. The second kappa shape index (κ2) is 5.75. The average Bonchev–Trinajstić information content (AvgIpc) is 2.18. The molecule has 0 aromatic rings. The van der Waals surface area contributed by atoms with Gasteiger partial charge in [-0.05, 0) is 19.9 Å². The van der Waals surface area contributed by atoms with Crippen molar-refractivity contribution < 1.29 is 9.00 Å². The van der Waals surface area contributed by atoms with Crippen molar-refractivity contribution in [2.75, 3.05) is 25.1 Å². The zero-order valence-corrected chi connectivity index (χ0v) is 10.7. The van der Waals surface area contributed by atoms with Gasteiger partial charge in [-0.3, -0.25) is 13.9 Å². The summed E-state index contributed by atoms with van der Waals surface area (Å²) in [5, 5.41) is 0. The van der Waals surface area contributed by atoms with Crippen LogP contribution in [0.4, 0.5) is 0 Å². The van der Waals surface area contributed by atoms with Crippen LogP contribution < -0.4 is 0 Å². The molecule has 88 valence electrons. The van der Waals surface area contributed by atoms with Crippen molar-refractivity contribution in [3.8, 4) is 0 Å². The molecular formula is C11H21NO2S. The monoisotopic (exact) mass is 231 g/mol. The topological polar surface area (TPSA) is 37.4 Å². The maximum atomic E-state index is 11.5. The first-order chi connectivity index (χ1) is 7.02. The van der Waals surface area contributed by atoms with E-state index >= 15 is 0 Å². The third-order valence-electron chi connectivity index (χ3n) is 3.33. The molecule has 15 heavy (non-hydrogen) atoms. The smallest absolute Gasteiger partial charge is 0.138 e. The molecule has 1 rings (SSSR count). The van der Waals surface area contributed by atoms with Crippen LogP contribution in [-0.2, 0) is 15.6 Å². The Morgan fingerprint density at radius 1 is 1.47 bits per heavy atom. The number of rotatable bonds is 4. The fraction of sp³-hybridized carbons (Fsp3) is 0.909. The Balaban J connectivity index is 2.36. The van der Waals surface area contributed by atoms with Gasteiger partial charge in [0.05, 0.1) is 0 Å². The molecule has 1 heterocycles. The molecule has 1 fully saturated rings. The highest BCUT2D eigenvalue weighted by molar-refractivity contribution is 7.84. The number of piperidine rings is 1. The molecule has 0 aromatic carbocycles. The van der Waals surface area contributed by atoms with Crippen LogP contribution in [0.3, 0.4) is 0 Å². The molecule has 1 aliphatic rings. The SMILES string of the molecule is CC1C(=O)CCN(CCCS(C)=O)C1C. The van der Waals surface area contributed by atoms with Gasteiger partial charge in [-0.25, -0.2) is 0 Å². The lowest BCUT2D eigenvalue weighted by Gasteiger charge is -2.36. The molecule has 0 saturated carbocycles. The summed E-state index contributed by atoms with van der Waals surface area (Å²) >= 11 is 0. The van der Waals surface area contributed by atoms with E-state index in [0.717, 1.165) is 25.3 Å². The van der Waals surface area contributed by atoms with E-state index in [1.807, 2.05) is 6.92 Å². The standard InChI is InChI=1S/C11H21NO2S/c1-9-10(2)12(7-5-11(9)13)6-4-8-15(3)14/h9-10H,4-8H2,1-3H3. The van der Waals surface area contributed by atoms with E-state index in [9.17, 15) is 9.00 Å². The predicted octanol–water partition coefficient (Wildman–Crippen LogP) is 1.05. The molecular weight excluding hydrogens is 210 g/mol. The van der Waals surface area contributed by atoms with Crippen molar-refractivity contribution >= 4 is 16.6 Å². The Kier molecular flexibility index (Phi) is 4.93. The summed E-state index contributed by atoms with van der Waals surface area (Å²) in [6, 6.07) is 0.344. The number of carbonyl (C=O) groups excluding carboxylic acids is 1. The first-order valence-corrected chi connectivity index (χ1v) is 7.32. The Morgan fingerprint density at radius 2 is 2.13 bits per heavy atom. The molecule has 0 bridgehead atoms. The van der Waals surface area contributed by atoms with E-state index in [2.05, 4.69) is 11.8 Å². The van der Waals surface area contributed by atoms with Gasteiger partial charge in [0.15, 0.2) is 0 Å². The second-order valence-electron chi connectivity index (χ2n) is 4.41. The summed E-state index contributed by atoms with van der Waals surface area (Å²) in [6.07, 6.45) is 3.39. The number of hydrogen-bond acceptors (Lipinski definition) is 3. The highest BCUT2D eigenvalue weighted by atomic mass is 32.2. The summed E-state index contributed by atoms with van der Waals surface area (Å²) < 4.78 is 10.9. The zero-order chi connectivity index (χ0) is 11.4. The minimum Gasteiger partial charge on any atom is -0.299 e. The Bertz CT molecular complexity index is 255. The summed E-state index contributed by atoms with van der Waals surface area (Å²) in [6.45, 7) is 5.97. The molecule has 4 heteroatoms. The van der Waals surface area contributed by atoms with Crippen molar-refractivity contribution in [1.29, 1.82) is 0 Å². The maximum absolute atomic E-state index is 11.5. The van der Waals surface area contributed by atoms with E-state index in [1.165, 1.54) is 0 Å². The maximum Gasteiger partial charge on any atom is 0.138 e. The van der Waals surface area contributed by atoms with E-state index in [1.54, 1.807) is 6.26 Å². The van der Waals surface area contributed by atoms with Crippen molar-refractivity contribution in [1.82, 2.24) is 4.90 Å². The highest BCUT2D eigenvalue weighted by Crippen LogP contribution is 2.19. The lowest BCUT2D eigenvalue weighted by Crippen LogP contribution is -2.47. The van der Waals surface area contributed by atoms with Gasteiger partial charge in [0.25, 0.3) is 0 Å². The number of hydrogen-bond donors (Lipinski definition) is 0. The number of carbonyl (C=O) groups is 1. The average molecular weight is 231 g/mol. The molecule has 0 N–H and O–H groups in total. The van der Waals surface area contributed by atoms with E-state index in [4.69, 9.17) is 0 Å². The Labute approximate surface area is 94.7 Å². The summed E-state index contributed by atoms with van der Waals surface area (Å²) in [4.78, 5) is 13.8. The van der Waals surface area contributed by atoms with E-state index < -0.39 is 10.8 Å². The fourth-order valence-electron chi connectivity index (χ4n) is 2.06. The molecule has 0 amide bonds. The molecule has 3 unspecified atom stereocenters. The van der Waals surface area contributed by atoms with Crippen LogP contribution in [0, 0.1) is 5.92 Å². The van der Waals surface area contributed by atoms with Gasteiger partial charge in [-0.1, -0.05) is 6.92 Å². The second-order valence-corrected chi connectivity index (χ2v) is 5.97. The third kappa shape index (κ3) is 3.68. The van der Waals surface area contributed by atoms with Crippen molar-refractivity contribution in [3.05, 3.63) is 0 Å². The number of nitrogens with zero attached hydrogens (tertiary/aromatic N) is 1. The molecule has 1 saturated heterocycles. The van der Waals surface area contributed by atoms with Crippen LogP contribution in [0.5, 0.6) is 0 Å². The minimum atomic E-state index is -0.690. The molecule has 1 aliphatic heterocycles. The Morgan fingerprint density at radius 3 is 2.73 bits per heavy atom. The van der Waals surface area contributed by atoms with Crippen LogP contribution in [0.1, 0.15) is 26.7 Å². The van der Waals surface area contributed by atoms with Crippen LogP contribution >= 0.6 is 0 Å². The summed E-state index contributed by atoms with van der Waals surface area (Å²) in [5.41, 5.74) is 0. The summed E-state index contributed by atoms with van der Waals surface area (Å²) in [5.74, 6) is 1.31. The zero-order valence-electron chi connectivity index (χ0n) is 9.86. The minimum absolute atomic E-state index is 0.158. The van der Waals surface area contributed by atoms with Crippen LogP contribution in [-0.4, -0.2) is 46.0 Å². The first kappa shape index (κ1) is 12.8. The van der Waals surface area contributed by atoms with Gasteiger partial charge in [-0.15, -0.1) is 0 Å². The third-order valence-corrected chi connectivity index (χ3v) is 4.19. The van der Waals surface area contributed by atoms with Gasteiger partial charge in [0, 0.05) is 47.7 Å². The van der Waals surface area contributed by atoms with Gasteiger partial charge in [0.2, 0.25) is 0 Å². The Hall–Kier alpha value is -0.220. The van der Waals surface area contributed by atoms with Crippen molar-refractivity contribution in [3.63, 3.8) is 0 Å². The van der Waals surface area contributed by atoms with Gasteiger partial charge >= 0.3 is 0 Å². The van der Waals surface area contributed by atoms with E-state index in [0.29, 0.717) is 18.2 Å². The number of likely N-dealkylation sites (tertiary alicyclic amines) is 1. The predicted molar refractivity (Wildman–Crippen MR) is 63.4 cm³/mol. The van der Waals surface area contributed by atoms with E-state index in [-0.39, 0.29) is 5.92 Å². The molecule has 3 atom stereocenters. The normalized spacial score (nSPS) is 30.5. The van der Waals surface area contributed by atoms with Crippen molar-refractivity contribution in [2.24, 2.45) is 5.92 Å². The molecule has 0 radical (unpaired) electrons. The number of Topliss-reactive ketones (excluding diaryl/α,β-unsaturated/α-hetero) is 1. The lowest BCUT2D eigenvalue weighted by molar-refractivity contribution is -0.127. The van der Waals surface area contributed by atoms with Crippen LogP contribution in [0.25, 0.3) is 0 Å². The largest absolute Gasteiger partial charge is 0.299 e. The van der Waals surface area contributed by atoms with Crippen LogP contribution in [0.2, 0.25) is 0 Å². The van der Waals surface area contributed by atoms with Crippen LogP contribution in [0.15, 0.2) is 0 Å². The number of ketones is 1. The van der Waals surface area contributed by atoms with Gasteiger partial charge in [0.1, 0.15) is 5.78 Å². The van der Waals surface area contributed by atoms with Crippen molar-refractivity contribution in [2.45, 2.75) is 32.7 Å². The quantitative estimate of drug-likeness (QED) is 0.726. The lowest BCUT2D eigenvalue weighted by atomic mass is 9.91. The molecule has 0 spiro atoms. The van der Waals surface area contributed by atoms with Gasteiger partial charge < -0.3 is 0 Å². The molecule has 3 nitrogen and oxygen atoms in total. The van der Waals surface area contributed by atoms with Gasteiger partial charge in [-0.2, -0.15) is 0 Å². The molecule has 0 aliphatic carbocycles. The first-order valence-electron chi connectivity index (χ1n) is 5.59. The molecule has 0 aromatic heterocycles. The fourth-order valence-corrected chi connectivity index (χ4v) is 2.59.